The van der Waals surface area contributed by atoms with Gasteiger partial charge in [0.05, 0.1) is 12.5 Å². The van der Waals surface area contributed by atoms with Gasteiger partial charge >= 0.3 is 0 Å². The largest absolute Gasteiger partial charge is 0.472 e. The van der Waals surface area contributed by atoms with Crippen molar-refractivity contribution >= 4 is 17.5 Å². The third-order valence-electron chi connectivity index (χ3n) is 5.22. The third kappa shape index (κ3) is 3.93. The van der Waals surface area contributed by atoms with E-state index in [9.17, 15) is 4.79 Å². The standard InChI is InChI=1S/C24H20N4O2.2H2/c29-23(28-22-12-21(22)16-5-2-1-3-6-16)17-7-4-8-20(11-17)27-24-25-13-19(14-26-24)18-9-10-30-15-18;;/h1-11,13-15,21-22H,12H2,(H,28,29)(H,25,26,27);2*1H/t21?,22-;;/m1../s1. The molecule has 2 aromatic heterocycles. The van der Waals surface area contributed by atoms with Crippen molar-refractivity contribution in [3.05, 3.63) is 96.7 Å². The molecule has 6 heteroatoms. The maximum absolute atomic E-state index is 12.7. The van der Waals surface area contributed by atoms with E-state index in [0.29, 0.717) is 17.4 Å². The smallest absolute Gasteiger partial charge is 0.251 e. The molecule has 1 amide bonds. The summed E-state index contributed by atoms with van der Waals surface area (Å²) in [6.45, 7) is 0. The molecule has 6 nitrogen and oxygen atoms in total. The van der Waals surface area contributed by atoms with Gasteiger partial charge in [-0.15, -0.1) is 0 Å². The van der Waals surface area contributed by atoms with Crippen molar-refractivity contribution in [2.75, 3.05) is 5.32 Å². The lowest BCUT2D eigenvalue weighted by molar-refractivity contribution is 0.0950. The number of nitrogens with one attached hydrogen (secondary N) is 2. The summed E-state index contributed by atoms with van der Waals surface area (Å²) >= 11 is 0. The summed E-state index contributed by atoms with van der Waals surface area (Å²) in [5, 5.41) is 6.28. The van der Waals surface area contributed by atoms with Gasteiger partial charge in [-0.2, -0.15) is 0 Å². The van der Waals surface area contributed by atoms with Gasteiger partial charge in [-0.05, 0) is 36.2 Å². The summed E-state index contributed by atoms with van der Waals surface area (Å²) in [5.41, 5.74) is 4.44. The minimum atomic E-state index is -0.0710. The number of benzene rings is 2. The van der Waals surface area contributed by atoms with E-state index < -0.39 is 0 Å². The minimum absolute atomic E-state index is 0. The van der Waals surface area contributed by atoms with Gasteiger partial charge in [0.1, 0.15) is 0 Å². The number of amides is 1. The van der Waals surface area contributed by atoms with Gasteiger partial charge in [0, 0.05) is 49.6 Å². The summed E-state index contributed by atoms with van der Waals surface area (Å²) in [4.78, 5) is 21.4. The molecule has 2 atom stereocenters. The second kappa shape index (κ2) is 7.83. The predicted octanol–water partition coefficient (Wildman–Crippen LogP) is 5.26. The highest BCUT2D eigenvalue weighted by molar-refractivity contribution is 5.95. The van der Waals surface area contributed by atoms with Gasteiger partial charge in [0.15, 0.2) is 0 Å². The van der Waals surface area contributed by atoms with Gasteiger partial charge in [-0.25, -0.2) is 9.97 Å². The fourth-order valence-electron chi connectivity index (χ4n) is 3.51. The molecule has 5 rings (SSSR count). The van der Waals surface area contributed by atoms with E-state index in [1.54, 1.807) is 24.9 Å². The summed E-state index contributed by atoms with van der Waals surface area (Å²) in [6, 6.07) is 19.7. The molecule has 2 N–H and O–H groups in total. The zero-order valence-electron chi connectivity index (χ0n) is 16.2. The molecular weight excluding hydrogens is 376 g/mol. The van der Waals surface area contributed by atoms with E-state index in [1.807, 2.05) is 48.5 Å². The fourth-order valence-corrected chi connectivity index (χ4v) is 3.51. The maximum Gasteiger partial charge on any atom is 0.251 e. The Bertz CT molecular complexity index is 1150. The van der Waals surface area contributed by atoms with Crippen molar-refractivity contribution in [1.29, 1.82) is 0 Å². The molecule has 0 spiro atoms. The number of rotatable bonds is 6. The molecular formula is C24H24N4O2. The first-order valence-corrected chi connectivity index (χ1v) is 9.84. The predicted molar refractivity (Wildman–Crippen MR) is 119 cm³/mol. The Morgan fingerprint density at radius 3 is 2.60 bits per heavy atom. The van der Waals surface area contributed by atoms with E-state index in [0.717, 1.165) is 23.2 Å². The van der Waals surface area contributed by atoms with Gasteiger partial charge in [-0.3, -0.25) is 4.79 Å². The number of hydrogen-bond acceptors (Lipinski definition) is 5. The fraction of sp³-hybridized carbons (Fsp3) is 0.125. The van der Waals surface area contributed by atoms with Crippen LogP contribution >= 0.6 is 0 Å². The Morgan fingerprint density at radius 2 is 1.83 bits per heavy atom. The summed E-state index contributed by atoms with van der Waals surface area (Å²) < 4.78 is 5.08. The van der Waals surface area contributed by atoms with Crippen molar-refractivity contribution in [2.24, 2.45) is 0 Å². The number of furan rings is 1. The quantitative estimate of drug-likeness (QED) is 0.462. The van der Waals surface area contributed by atoms with Gasteiger partial charge < -0.3 is 15.1 Å². The van der Waals surface area contributed by atoms with Crippen molar-refractivity contribution in [3.63, 3.8) is 0 Å². The molecule has 30 heavy (non-hydrogen) atoms. The Labute approximate surface area is 177 Å². The molecule has 1 unspecified atom stereocenters. The normalized spacial score (nSPS) is 17.3. The average molecular weight is 400 g/mol. The second-order valence-electron chi connectivity index (χ2n) is 7.35. The van der Waals surface area contributed by atoms with E-state index in [1.165, 1.54) is 5.56 Å². The van der Waals surface area contributed by atoms with Crippen LogP contribution in [0.15, 0.2) is 90.0 Å². The number of carbonyl (C=O) groups is 1. The zero-order chi connectivity index (χ0) is 20.3. The van der Waals surface area contributed by atoms with Crippen LogP contribution in [0.3, 0.4) is 0 Å². The highest BCUT2D eigenvalue weighted by atomic mass is 16.3. The monoisotopic (exact) mass is 400 g/mol. The van der Waals surface area contributed by atoms with Crippen LogP contribution in [-0.2, 0) is 0 Å². The molecule has 1 aliphatic rings. The number of anilines is 2. The molecule has 4 aromatic rings. The Balaban J connectivity index is 0.00000144. The molecule has 2 heterocycles. The molecule has 1 aliphatic carbocycles. The van der Waals surface area contributed by atoms with E-state index in [2.05, 4.69) is 32.7 Å². The van der Waals surface area contributed by atoms with Crippen molar-refractivity contribution in [1.82, 2.24) is 15.3 Å². The Kier molecular flexibility index (Phi) is 4.73. The number of aromatic nitrogens is 2. The van der Waals surface area contributed by atoms with Crippen LogP contribution in [0.4, 0.5) is 11.6 Å². The molecule has 2 aromatic carbocycles. The Hall–Kier alpha value is -3.93. The average Bonchev–Trinajstić information content (AvgIpc) is 3.33. The van der Waals surface area contributed by atoms with Gasteiger partial charge in [0.25, 0.3) is 5.91 Å². The van der Waals surface area contributed by atoms with E-state index in [-0.39, 0.29) is 14.8 Å². The minimum Gasteiger partial charge on any atom is -0.472 e. The lowest BCUT2D eigenvalue weighted by atomic mass is 10.1. The number of hydrogen-bond donors (Lipinski definition) is 2. The van der Waals surface area contributed by atoms with E-state index >= 15 is 0 Å². The van der Waals surface area contributed by atoms with Crippen LogP contribution in [0.2, 0.25) is 0 Å². The van der Waals surface area contributed by atoms with Gasteiger partial charge in [0.2, 0.25) is 5.95 Å². The first-order valence-electron chi connectivity index (χ1n) is 9.84. The first-order chi connectivity index (χ1) is 14.8. The van der Waals surface area contributed by atoms with Crippen molar-refractivity contribution in [2.45, 2.75) is 18.4 Å². The van der Waals surface area contributed by atoms with Crippen LogP contribution in [0.5, 0.6) is 0 Å². The van der Waals surface area contributed by atoms with Crippen LogP contribution in [0.1, 0.15) is 31.1 Å². The summed E-state index contributed by atoms with van der Waals surface area (Å²) in [5.74, 6) is 0.794. The lowest BCUT2D eigenvalue weighted by Gasteiger charge is -2.08. The van der Waals surface area contributed by atoms with Crippen LogP contribution in [0, 0.1) is 0 Å². The van der Waals surface area contributed by atoms with Crippen molar-refractivity contribution in [3.8, 4) is 11.1 Å². The van der Waals surface area contributed by atoms with E-state index in [4.69, 9.17) is 4.42 Å². The highest BCUT2D eigenvalue weighted by Crippen LogP contribution is 2.40. The first kappa shape index (κ1) is 18.1. The zero-order valence-corrected chi connectivity index (χ0v) is 16.2. The third-order valence-corrected chi connectivity index (χ3v) is 5.22. The molecule has 1 fully saturated rings. The molecule has 1 saturated carbocycles. The van der Waals surface area contributed by atoms with Crippen LogP contribution in [0.25, 0.3) is 11.1 Å². The number of nitrogens with zero attached hydrogens (tertiary/aromatic N) is 2. The van der Waals surface area contributed by atoms with Gasteiger partial charge in [-0.1, -0.05) is 36.4 Å². The molecule has 152 valence electrons. The van der Waals surface area contributed by atoms with Crippen LogP contribution < -0.4 is 10.6 Å². The molecule has 0 saturated heterocycles. The SMILES string of the molecule is O=C(N[C@@H]1CC1c1ccccc1)c1cccc(Nc2ncc(-c3ccoc3)cn2)c1.[HH].[HH]. The maximum atomic E-state index is 12.7. The topological polar surface area (TPSA) is 80.0 Å². The Morgan fingerprint density at radius 1 is 1.00 bits per heavy atom. The lowest BCUT2D eigenvalue weighted by Crippen LogP contribution is -2.26. The van der Waals surface area contributed by atoms with Crippen LogP contribution in [-0.4, -0.2) is 21.9 Å². The molecule has 0 radical (unpaired) electrons. The highest BCUT2D eigenvalue weighted by Gasteiger charge is 2.39. The van der Waals surface area contributed by atoms with Crippen molar-refractivity contribution < 1.29 is 12.1 Å². The number of carbonyl (C=O) groups excluding carboxylic acids is 1. The molecule has 0 aliphatic heterocycles. The second-order valence-corrected chi connectivity index (χ2v) is 7.35. The molecule has 0 bridgehead atoms. The summed E-state index contributed by atoms with van der Waals surface area (Å²) in [6.07, 6.45) is 7.70. The summed E-state index contributed by atoms with van der Waals surface area (Å²) in [7, 11) is 0.